The zero-order chi connectivity index (χ0) is 11.1. The van der Waals surface area contributed by atoms with E-state index >= 15 is 0 Å². The number of hydrogen-bond donors (Lipinski definition) is 0. The number of hydrogen-bond acceptors (Lipinski definition) is 0. The van der Waals surface area contributed by atoms with Gasteiger partial charge in [0, 0.05) is 5.57 Å². The minimum atomic E-state index is -4.87. The fourth-order valence-electron chi connectivity index (χ4n) is 1.59. The lowest BCUT2D eigenvalue weighted by Crippen LogP contribution is -2.29. The van der Waals surface area contributed by atoms with Crippen LogP contribution in [0.5, 0.6) is 0 Å². The van der Waals surface area contributed by atoms with Crippen molar-refractivity contribution in [1.82, 2.24) is 0 Å². The van der Waals surface area contributed by atoms with Crippen molar-refractivity contribution in [2.45, 2.75) is 25.7 Å². The highest BCUT2D eigenvalue weighted by Gasteiger charge is 2.53. The summed E-state index contributed by atoms with van der Waals surface area (Å²) in [6, 6.07) is 0. The third-order valence-electron chi connectivity index (χ3n) is 2.17. The van der Waals surface area contributed by atoms with Crippen LogP contribution in [-0.2, 0) is 0 Å². The van der Waals surface area contributed by atoms with E-state index in [-0.39, 0.29) is 0 Å². The molecule has 0 fully saturated rings. The maximum atomic E-state index is 12.2. The topological polar surface area (TPSA) is 0 Å². The molecule has 0 heterocycles. The Morgan fingerprint density at radius 2 is 1.64 bits per heavy atom. The standard InChI is InChI=1S/C8H8F6/c1-4-2-5(7(9,10)11)6(3-4)8(12,13)14/h2,4,6H,3H2,1H3. The van der Waals surface area contributed by atoms with Crippen molar-refractivity contribution in [3.05, 3.63) is 11.6 Å². The van der Waals surface area contributed by atoms with Crippen LogP contribution < -0.4 is 0 Å². The summed E-state index contributed by atoms with van der Waals surface area (Å²) in [5.74, 6) is -3.02. The van der Waals surface area contributed by atoms with Crippen LogP contribution in [-0.4, -0.2) is 12.4 Å². The van der Waals surface area contributed by atoms with Crippen molar-refractivity contribution in [2.75, 3.05) is 0 Å². The maximum absolute atomic E-state index is 12.2. The first-order chi connectivity index (χ1) is 6.12. The highest BCUT2D eigenvalue weighted by atomic mass is 19.4. The average molecular weight is 218 g/mol. The first kappa shape index (κ1) is 11.4. The molecular formula is C8H8F6. The molecule has 2 unspecified atom stereocenters. The highest BCUT2D eigenvalue weighted by Crippen LogP contribution is 2.47. The number of rotatable bonds is 0. The van der Waals surface area contributed by atoms with Gasteiger partial charge in [0.2, 0.25) is 0 Å². The molecule has 0 aliphatic heterocycles. The lowest BCUT2D eigenvalue weighted by atomic mass is 9.99. The molecule has 1 rings (SSSR count). The van der Waals surface area contributed by atoms with Crippen molar-refractivity contribution in [2.24, 2.45) is 11.8 Å². The maximum Gasteiger partial charge on any atom is 0.413 e. The van der Waals surface area contributed by atoms with Gasteiger partial charge in [-0.25, -0.2) is 0 Å². The van der Waals surface area contributed by atoms with E-state index in [1.165, 1.54) is 6.92 Å². The molecule has 0 bridgehead atoms. The largest absolute Gasteiger partial charge is 0.413 e. The minimum absolute atomic E-state index is 0.502. The summed E-state index contributed by atoms with van der Waals surface area (Å²) in [6.07, 6.45) is -9.51. The summed E-state index contributed by atoms with van der Waals surface area (Å²) in [5.41, 5.74) is -1.45. The van der Waals surface area contributed by atoms with Crippen LogP contribution >= 0.6 is 0 Å². The van der Waals surface area contributed by atoms with Crippen molar-refractivity contribution in [3.8, 4) is 0 Å². The molecule has 0 aromatic carbocycles. The molecule has 0 radical (unpaired) electrons. The van der Waals surface area contributed by atoms with Gasteiger partial charge in [-0.3, -0.25) is 0 Å². The fourth-order valence-corrected chi connectivity index (χ4v) is 1.59. The Hall–Kier alpha value is -0.680. The van der Waals surface area contributed by atoms with E-state index in [0.29, 0.717) is 6.08 Å². The Bertz CT molecular complexity index is 246. The molecule has 0 saturated heterocycles. The van der Waals surface area contributed by atoms with E-state index in [1.807, 2.05) is 0 Å². The van der Waals surface area contributed by atoms with Gasteiger partial charge in [-0.05, 0) is 12.3 Å². The fraction of sp³-hybridized carbons (Fsp3) is 0.750. The Labute approximate surface area is 76.6 Å². The molecule has 0 aromatic heterocycles. The van der Waals surface area contributed by atoms with E-state index < -0.39 is 36.2 Å². The number of alkyl halides is 6. The smallest absolute Gasteiger partial charge is 0.170 e. The van der Waals surface area contributed by atoms with Gasteiger partial charge in [-0.15, -0.1) is 0 Å². The van der Waals surface area contributed by atoms with Gasteiger partial charge in [0.1, 0.15) is 0 Å². The summed E-state index contributed by atoms with van der Waals surface area (Å²) in [5, 5.41) is 0. The Balaban J connectivity index is 2.97. The minimum Gasteiger partial charge on any atom is -0.170 e. The molecular weight excluding hydrogens is 210 g/mol. The lowest BCUT2D eigenvalue weighted by Gasteiger charge is -2.20. The predicted molar refractivity (Wildman–Crippen MR) is 37.5 cm³/mol. The van der Waals surface area contributed by atoms with Gasteiger partial charge in [0.25, 0.3) is 0 Å². The molecule has 14 heavy (non-hydrogen) atoms. The van der Waals surface area contributed by atoms with Crippen LogP contribution in [0.3, 0.4) is 0 Å². The van der Waals surface area contributed by atoms with E-state index in [9.17, 15) is 26.3 Å². The summed E-state index contributed by atoms with van der Waals surface area (Å²) in [4.78, 5) is 0. The second-order valence-electron chi connectivity index (χ2n) is 3.43. The second-order valence-corrected chi connectivity index (χ2v) is 3.43. The molecule has 6 heteroatoms. The van der Waals surface area contributed by atoms with Gasteiger partial charge in [0.05, 0.1) is 5.92 Å². The van der Waals surface area contributed by atoms with Crippen LogP contribution in [0.25, 0.3) is 0 Å². The van der Waals surface area contributed by atoms with Crippen molar-refractivity contribution in [3.63, 3.8) is 0 Å². The predicted octanol–water partition coefficient (Wildman–Crippen LogP) is 3.69. The zero-order valence-electron chi connectivity index (χ0n) is 7.21. The third kappa shape index (κ3) is 2.22. The third-order valence-corrected chi connectivity index (χ3v) is 2.17. The Morgan fingerprint density at radius 1 is 1.14 bits per heavy atom. The molecule has 1 aliphatic carbocycles. The van der Waals surface area contributed by atoms with Gasteiger partial charge in [-0.1, -0.05) is 13.0 Å². The van der Waals surface area contributed by atoms with Crippen molar-refractivity contribution in [1.29, 1.82) is 0 Å². The molecule has 82 valence electrons. The van der Waals surface area contributed by atoms with Gasteiger partial charge in [0.15, 0.2) is 0 Å². The monoisotopic (exact) mass is 218 g/mol. The van der Waals surface area contributed by atoms with Crippen LogP contribution in [0.4, 0.5) is 26.3 Å². The second kappa shape index (κ2) is 3.17. The lowest BCUT2D eigenvalue weighted by molar-refractivity contribution is -0.185. The zero-order valence-corrected chi connectivity index (χ0v) is 7.21. The van der Waals surface area contributed by atoms with Gasteiger partial charge >= 0.3 is 12.4 Å². The SMILES string of the molecule is CC1C=C(C(F)(F)F)C(C(F)(F)F)C1. The van der Waals surface area contributed by atoms with Crippen LogP contribution in [0.2, 0.25) is 0 Å². The van der Waals surface area contributed by atoms with Gasteiger partial charge in [-0.2, -0.15) is 26.3 Å². The van der Waals surface area contributed by atoms with E-state index in [4.69, 9.17) is 0 Å². The molecule has 0 spiro atoms. The molecule has 1 aliphatic rings. The summed E-state index contributed by atoms with van der Waals surface area (Å²) in [6.45, 7) is 1.34. The highest BCUT2D eigenvalue weighted by molar-refractivity contribution is 5.21. The molecule has 2 atom stereocenters. The first-order valence-electron chi connectivity index (χ1n) is 3.98. The van der Waals surface area contributed by atoms with E-state index in [2.05, 4.69) is 0 Å². The normalized spacial score (nSPS) is 29.2. The summed E-state index contributed by atoms with van der Waals surface area (Å²) < 4.78 is 73.0. The Kier molecular flexibility index (Phi) is 2.58. The molecule has 0 N–H and O–H groups in total. The molecule has 0 nitrogen and oxygen atoms in total. The van der Waals surface area contributed by atoms with Gasteiger partial charge < -0.3 is 0 Å². The number of halogens is 6. The van der Waals surface area contributed by atoms with Crippen LogP contribution in [0.1, 0.15) is 13.3 Å². The molecule has 0 amide bonds. The molecule has 0 aromatic rings. The summed E-state index contributed by atoms with van der Waals surface area (Å²) in [7, 11) is 0. The Morgan fingerprint density at radius 3 is 1.93 bits per heavy atom. The molecule has 0 saturated carbocycles. The van der Waals surface area contributed by atoms with Crippen molar-refractivity contribution >= 4 is 0 Å². The van der Waals surface area contributed by atoms with Crippen molar-refractivity contribution < 1.29 is 26.3 Å². The first-order valence-corrected chi connectivity index (χ1v) is 3.98. The average Bonchev–Trinajstić information content (AvgIpc) is 2.27. The quantitative estimate of drug-likeness (QED) is 0.429. The van der Waals surface area contributed by atoms with E-state index in [1.54, 1.807) is 0 Å². The van der Waals surface area contributed by atoms with Crippen LogP contribution in [0, 0.1) is 11.8 Å². The van der Waals surface area contributed by atoms with Crippen LogP contribution in [0.15, 0.2) is 11.6 Å². The number of allylic oxidation sites excluding steroid dienone is 2. The van der Waals surface area contributed by atoms with E-state index in [0.717, 1.165) is 0 Å². The summed E-state index contributed by atoms with van der Waals surface area (Å²) >= 11 is 0.